The van der Waals surface area contributed by atoms with E-state index in [9.17, 15) is 14.4 Å². The van der Waals surface area contributed by atoms with Crippen molar-refractivity contribution in [1.82, 2.24) is 0 Å². The van der Waals surface area contributed by atoms with Crippen LogP contribution in [0.2, 0.25) is 0 Å². The van der Waals surface area contributed by atoms with Crippen LogP contribution in [0.5, 0.6) is 0 Å². The van der Waals surface area contributed by atoms with Gasteiger partial charge in [0.15, 0.2) is 6.10 Å². The molecule has 0 aliphatic carbocycles. The fourth-order valence-electron chi connectivity index (χ4n) is 5.79. The minimum atomic E-state index is -0.754. The zero-order valence-corrected chi connectivity index (χ0v) is 30.9. The Morgan fingerprint density at radius 3 is 0.870 bits per heavy atom. The van der Waals surface area contributed by atoms with Gasteiger partial charge in [0.05, 0.1) is 0 Å². The van der Waals surface area contributed by atoms with E-state index in [1.807, 2.05) is 0 Å². The molecule has 0 spiro atoms. The minimum absolute atomic E-state index is 0.0657. The Kier molecular flexibility index (Phi) is 35.0. The van der Waals surface area contributed by atoms with Crippen LogP contribution in [-0.4, -0.2) is 37.2 Å². The van der Waals surface area contributed by atoms with Crippen LogP contribution in [0.15, 0.2) is 0 Å². The number of esters is 3. The largest absolute Gasteiger partial charge is 0.462 e. The van der Waals surface area contributed by atoms with Crippen LogP contribution >= 0.6 is 0 Å². The molecule has 272 valence electrons. The Morgan fingerprint density at radius 2 is 0.587 bits per heavy atom. The van der Waals surface area contributed by atoms with E-state index in [0.717, 1.165) is 64.2 Å². The van der Waals surface area contributed by atoms with Crippen molar-refractivity contribution in [3.05, 3.63) is 0 Å². The van der Waals surface area contributed by atoms with Gasteiger partial charge in [0.2, 0.25) is 0 Å². The van der Waals surface area contributed by atoms with Gasteiger partial charge in [-0.1, -0.05) is 181 Å². The lowest BCUT2D eigenvalue weighted by atomic mass is 10.0. The molecule has 46 heavy (non-hydrogen) atoms. The highest BCUT2D eigenvalue weighted by Gasteiger charge is 2.19. The molecule has 0 aliphatic heterocycles. The Balaban J connectivity index is 4.16. The predicted molar refractivity (Wildman–Crippen MR) is 192 cm³/mol. The van der Waals surface area contributed by atoms with Crippen LogP contribution in [-0.2, 0) is 28.6 Å². The zero-order chi connectivity index (χ0) is 33.8. The predicted octanol–water partition coefficient (Wildman–Crippen LogP) is 12.1. The number of rotatable bonds is 36. The van der Waals surface area contributed by atoms with Crippen molar-refractivity contribution < 1.29 is 28.6 Å². The highest BCUT2D eigenvalue weighted by Crippen LogP contribution is 2.15. The third kappa shape index (κ3) is 33.8. The second-order valence-corrected chi connectivity index (χ2v) is 13.6. The summed E-state index contributed by atoms with van der Waals surface area (Å²) in [5.74, 6) is -0.881. The lowest BCUT2D eigenvalue weighted by Gasteiger charge is -2.18. The monoisotopic (exact) mass is 653 g/mol. The summed E-state index contributed by atoms with van der Waals surface area (Å²) in [4.78, 5) is 37.1. The molecule has 1 atom stereocenters. The van der Waals surface area contributed by atoms with Gasteiger partial charge in [-0.3, -0.25) is 14.4 Å². The van der Waals surface area contributed by atoms with Crippen molar-refractivity contribution in [1.29, 1.82) is 0 Å². The molecule has 6 nitrogen and oxygen atoms in total. The van der Waals surface area contributed by atoms with Crippen molar-refractivity contribution in [2.24, 2.45) is 0 Å². The second-order valence-electron chi connectivity index (χ2n) is 13.6. The summed E-state index contributed by atoms with van der Waals surface area (Å²) >= 11 is 0. The van der Waals surface area contributed by atoms with Gasteiger partial charge < -0.3 is 14.2 Å². The number of carbonyl (C=O) groups is 3. The smallest absolute Gasteiger partial charge is 0.306 e. The van der Waals surface area contributed by atoms with Crippen LogP contribution in [0.1, 0.15) is 220 Å². The van der Waals surface area contributed by atoms with E-state index < -0.39 is 6.10 Å². The number of hydrogen-bond acceptors (Lipinski definition) is 6. The molecule has 0 radical (unpaired) electrons. The molecular formula is C40H76O6. The van der Waals surface area contributed by atoms with E-state index in [4.69, 9.17) is 14.2 Å². The lowest BCUT2D eigenvalue weighted by molar-refractivity contribution is -0.167. The first-order valence-electron chi connectivity index (χ1n) is 20.0. The van der Waals surface area contributed by atoms with Gasteiger partial charge in [0.1, 0.15) is 13.2 Å². The number of carbonyl (C=O) groups excluding carboxylic acids is 3. The van der Waals surface area contributed by atoms with Crippen LogP contribution in [0.4, 0.5) is 0 Å². The summed E-state index contributed by atoms with van der Waals surface area (Å²) in [6.07, 6.45) is 34.1. The molecule has 0 rings (SSSR count). The molecule has 0 heterocycles. The van der Waals surface area contributed by atoms with Crippen molar-refractivity contribution in [3.8, 4) is 0 Å². The molecule has 0 aromatic heterocycles. The van der Waals surface area contributed by atoms with Crippen molar-refractivity contribution >= 4 is 17.9 Å². The van der Waals surface area contributed by atoms with E-state index in [2.05, 4.69) is 20.8 Å². The highest BCUT2D eigenvalue weighted by atomic mass is 16.6. The van der Waals surface area contributed by atoms with Crippen LogP contribution in [0.25, 0.3) is 0 Å². The molecular weight excluding hydrogens is 576 g/mol. The van der Waals surface area contributed by atoms with E-state index in [0.29, 0.717) is 19.3 Å². The summed E-state index contributed by atoms with van der Waals surface area (Å²) in [7, 11) is 0. The van der Waals surface area contributed by atoms with Gasteiger partial charge in [-0.05, 0) is 19.3 Å². The van der Waals surface area contributed by atoms with Crippen LogP contribution in [0.3, 0.4) is 0 Å². The number of hydrogen-bond donors (Lipinski definition) is 0. The second kappa shape index (κ2) is 36.2. The van der Waals surface area contributed by atoms with Crippen molar-refractivity contribution in [3.63, 3.8) is 0 Å². The topological polar surface area (TPSA) is 78.9 Å². The molecule has 6 heteroatoms. The van der Waals surface area contributed by atoms with E-state index in [1.165, 1.54) is 116 Å². The van der Waals surface area contributed by atoms with E-state index in [1.54, 1.807) is 0 Å². The van der Waals surface area contributed by atoms with Crippen molar-refractivity contribution in [2.45, 2.75) is 226 Å². The summed E-state index contributed by atoms with van der Waals surface area (Å²) in [5.41, 5.74) is 0. The van der Waals surface area contributed by atoms with Gasteiger partial charge in [-0.25, -0.2) is 0 Å². The van der Waals surface area contributed by atoms with E-state index >= 15 is 0 Å². The maximum absolute atomic E-state index is 12.6. The summed E-state index contributed by atoms with van der Waals surface area (Å²) in [6, 6.07) is 0. The molecule has 0 N–H and O–H groups in total. The van der Waals surface area contributed by atoms with Crippen molar-refractivity contribution in [2.75, 3.05) is 13.2 Å². The van der Waals surface area contributed by atoms with Gasteiger partial charge in [-0.2, -0.15) is 0 Å². The lowest BCUT2D eigenvalue weighted by Crippen LogP contribution is -2.30. The quantitative estimate of drug-likeness (QED) is 0.0381. The highest BCUT2D eigenvalue weighted by molar-refractivity contribution is 5.71. The average molecular weight is 653 g/mol. The first-order chi connectivity index (χ1) is 22.5. The third-order valence-corrected chi connectivity index (χ3v) is 8.86. The maximum atomic E-state index is 12.6. The molecule has 0 amide bonds. The molecule has 0 bridgehead atoms. The van der Waals surface area contributed by atoms with Gasteiger partial charge in [-0.15, -0.1) is 0 Å². The zero-order valence-electron chi connectivity index (χ0n) is 30.9. The Morgan fingerprint density at radius 1 is 0.348 bits per heavy atom. The summed E-state index contributed by atoms with van der Waals surface area (Å²) in [6.45, 7) is 6.51. The van der Waals surface area contributed by atoms with Gasteiger partial charge in [0, 0.05) is 19.3 Å². The normalized spacial score (nSPS) is 11.8. The fraction of sp³-hybridized carbons (Fsp3) is 0.925. The first kappa shape index (κ1) is 44.4. The Hall–Kier alpha value is -1.59. The average Bonchev–Trinajstić information content (AvgIpc) is 3.05. The van der Waals surface area contributed by atoms with Gasteiger partial charge >= 0.3 is 17.9 Å². The number of ether oxygens (including phenoxy) is 3. The molecule has 0 aromatic rings. The Labute approximate surface area is 285 Å². The first-order valence-corrected chi connectivity index (χ1v) is 20.0. The molecule has 0 aliphatic rings. The molecule has 0 saturated carbocycles. The SMILES string of the molecule is CCCCCCCCCCCCCCCCCCC(=O)O[C@H](COC(=O)CCCCCCC)COC(=O)CCCCCCCCC. The van der Waals surface area contributed by atoms with Gasteiger partial charge in [0.25, 0.3) is 0 Å². The molecule has 0 unspecified atom stereocenters. The summed E-state index contributed by atoms with van der Waals surface area (Å²) in [5, 5.41) is 0. The summed E-state index contributed by atoms with van der Waals surface area (Å²) < 4.78 is 16.5. The third-order valence-electron chi connectivity index (χ3n) is 8.86. The molecule has 0 aromatic carbocycles. The number of unbranched alkanes of at least 4 members (excludes halogenated alkanes) is 25. The van der Waals surface area contributed by atoms with Crippen LogP contribution < -0.4 is 0 Å². The standard InChI is InChI=1S/C40H76O6/c1-4-7-10-13-15-16-17-18-19-20-21-22-23-25-28-31-34-40(43)46-37(35-44-38(41)32-29-26-12-9-6-3)36-45-39(42)33-30-27-24-14-11-8-5-2/h37H,4-36H2,1-3H3/t37-/m1/s1. The van der Waals surface area contributed by atoms with E-state index in [-0.39, 0.29) is 31.1 Å². The molecule has 0 saturated heterocycles. The maximum Gasteiger partial charge on any atom is 0.306 e. The minimum Gasteiger partial charge on any atom is -0.462 e. The fourth-order valence-corrected chi connectivity index (χ4v) is 5.79. The van der Waals surface area contributed by atoms with Crippen LogP contribution in [0, 0.1) is 0 Å². The molecule has 0 fully saturated rings. The Bertz CT molecular complexity index is 679.